The van der Waals surface area contributed by atoms with E-state index in [-0.39, 0.29) is 11.1 Å². The molecule has 0 bridgehead atoms. The zero-order chi connectivity index (χ0) is 13.1. The molecule has 0 aliphatic carbocycles. The Kier molecular flexibility index (Phi) is 3.20. The SMILES string of the molecule is N#CC(C(=O)c1ccoc1)c1ccc(F)cc1F. The molecule has 0 fully saturated rings. The average molecular weight is 247 g/mol. The number of furan rings is 1. The molecule has 90 valence electrons. The van der Waals surface area contributed by atoms with E-state index in [2.05, 4.69) is 0 Å². The van der Waals surface area contributed by atoms with Crippen molar-refractivity contribution in [2.24, 2.45) is 0 Å². The van der Waals surface area contributed by atoms with Crippen LogP contribution in [0.3, 0.4) is 0 Å². The lowest BCUT2D eigenvalue weighted by Crippen LogP contribution is -2.12. The van der Waals surface area contributed by atoms with Crippen LogP contribution in [-0.4, -0.2) is 5.78 Å². The number of carbonyl (C=O) groups excluding carboxylic acids is 1. The van der Waals surface area contributed by atoms with Gasteiger partial charge in [0.25, 0.3) is 0 Å². The summed E-state index contributed by atoms with van der Waals surface area (Å²) in [7, 11) is 0. The predicted molar refractivity (Wildman–Crippen MR) is 57.8 cm³/mol. The van der Waals surface area contributed by atoms with Crippen LogP contribution in [0.2, 0.25) is 0 Å². The molecular weight excluding hydrogens is 240 g/mol. The van der Waals surface area contributed by atoms with Gasteiger partial charge in [-0.05, 0) is 12.1 Å². The molecule has 1 unspecified atom stereocenters. The summed E-state index contributed by atoms with van der Waals surface area (Å²) >= 11 is 0. The lowest BCUT2D eigenvalue weighted by Gasteiger charge is -2.08. The van der Waals surface area contributed by atoms with Gasteiger partial charge < -0.3 is 4.42 Å². The Labute approximate surface area is 101 Å². The summed E-state index contributed by atoms with van der Waals surface area (Å²) < 4.78 is 31.0. The molecule has 0 aliphatic heterocycles. The Morgan fingerprint density at radius 1 is 1.33 bits per heavy atom. The molecule has 0 saturated heterocycles. The van der Waals surface area contributed by atoms with Crippen LogP contribution in [-0.2, 0) is 0 Å². The summed E-state index contributed by atoms with van der Waals surface area (Å²) in [6, 6.07) is 5.84. The monoisotopic (exact) mass is 247 g/mol. The van der Waals surface area contributed by atoms with E-state index in [0.29, 0.717) is 6.07 Å². The third-order valence-corrected chi connectivity index (χ3v) is 2.47. The lowest BCUT2D eigenvalue weighted by atomic mass is 9.92. The minimum absolute atomic E-state index is 0.148. The van der Waals surface area contributed by atoms with Gasteiger partial charge in [-0.15, -0.1) is 0 Å². The molecular formula is C13H7F2NO2. The highest BCUT2D eigenvalue weighted by Crippen LogP contribution is 2.23. The van der Waals surface area contributed by atoms with Crippen LogP contribution in [0.5, 0.6) is 0 Å². The highest BCUT2D eigenvalue weighted by Gasteiger charge is 2.25. The summed E-state index contributed by atoms with van der Waals surface area (Å²) in [6.45, 7) is 0. The van der Waals surface area contributed by atoms with E-state index >= 15 is 0 Å². The number of ketones is 1. The number of carbonyl (C=O) groups is 1. The average Bonchev–Trinajstić information content (AvgIpc) is 2.86. The van der Waals surface area contributed by atoms with Crippen LogP contribution in [0, 0.1) is 23.0 Å². The Morgan fingerprint density at radius 2 is 2.11 bits per heavy atom. The second kappa shape index (κ2) is 4.80. The molecule has 1 aromatic heterocycles. The largest absolute Gasteiger partial charge is 0.472 e. The molecule has 2 rings (SSSR count). The topological polar surface area (TPSA) is 54.0 Å². The van der Waals surface area contributed by atoms with E-state index in [0.717, 1.165) is 12.1 Å². The second-order valence-electron chi connectivity index (χ2n) is 3.60. The fourth-order valence-corrected chi connectivity index (χ4v) is 1.58. The molecule has 0 radical (unpaired) electrons. The van der Waals surface area contributed by atoms with Crippen LogP contribution in [0.25, 0.3) is 0 Å². The van der Waals surface area contributed by atoms with E-state index in [4.69, 9.17) is 9.68 Å². The highest BCUT2D eigenvalue weighted by atomic mass is 19.1. The van der Waals surface area contributed by atoms with Gasteiger partial charge in [-0.1, -0.05) is 6.07 Å². The van der Waals surface area contributed by atoms with E-state index in [1.807, 2.05) is 0 Å². The molecule has 1 heterocycles. The van der Waals surface area contributed by atoms with Gasteiger partial charge >= 0.3 is 0 Å². The van der Waals surface area contributed by atoms with Crippen molar-refractivity contribution in [3.63, 3.8) is 0 Å². The minimum atomic E-state index is -1.32. The Morgan fingerprint density at radius 3 is 2.67 bits per heavy atom. The van der Waals surface area contributed by atoms with Crippen molar-refractivity contribution >= 4 is 5.78 Å². The second-order valence-corrected chi connectivity index (χ2v) is 3.60. The van der Waals surface area contributed by atoms with Crippen molar-refractivity contribution in [1.29, 1.82) is 5.26 Å². The summed E-state index contributed by atoms with van der Waals surface area (Å²) in [5.41, 5.74) is 0.0235. The molecule has 5 heteroatoms. The third kappa shape index (κ3) is 2.13. The zero-order valence-electron chi connectivity index (χ0n) is 9.06. The van der Waals surface area contributed by atoms with Crippen molar-refractivity contribution in [2.45, 2.75) is 5.92 Å². The number of rotatable bonds is 3. The van der Waals surface area contributed by atoms with Crippen LogP contribution < -0.4 is 0 Å². The number of hydrogen-bond acceptors (Lipinski definition) is 3. The molecule has 0 amide bonds. The number of halogens is 2. The fourth-order valence-electron chi connectivity index (χ4n) is 1.58. The van der Waals surface area contributed by atoms with Crippen molar-refractivity contribution in [1.82, 2.24) is 0 Å². The maximum absolute atomic E-state index is 13.5. The summed E-state index contributed by atoms with van der Waals surface area (Å²) in [5.74, 6) is -3.58. The van der Waals surface area contributed by atoms with E-state index in [1.54, 1.807) is 6.07 Å². The number of nitriles is 1. The maximum Gasteiger partial charge on any atom is 0.187 e. The highest BCUT2D eigenvalue weighted by molar-refractivity contribution is 6.02. The first-order valence-electron chi connectivity index (χ1n) is 5.04. The molecule has 2 aromatic rings. The van der Waals surface area contributed by atoms with Crippen molar-refractivity contribution in [3.8, 4) is 6.07 Å². The molecule has 0 spiro atoms. The maximum atomic E-state index is 13.5. The fraction of sp³-hybridized carbons (Fsp3) is 0.0769. The summed E-state index contributed by atoms with van der Waals surface area (Å²) in [4.78, 5) is 11.9. The first kappa shape index (κ1) is 12.0. The number of hydrogen-bond donors (Lipinski definition) is 0. The van der Waals surface area contributed by atoms with Crippen LogP contribution >= 0.6 is 0 Å². The molecule has 3 nitrogen and oxygen atoms in total. The molecule has 0 N–H and O–H groups in total. The third-order valence-electron chi connectivity index (χ3n) is 2.47. The van der Waals surface area contributed by atoms with Gasteiger partial charge in [-0.3, -0.25) is 4.79 Å². The smallest absolute Gasteiger partial charge is 0.187 e. The molecule has 1 aromatic carbocycles. The number of benzene rings is 1. The lowest BCUT2D eigenvalue weighted by molar-refractivity contribution is 0.0977. The first-order chi connectivity index (χ1) is 8.63. The molecule has 18 heavy (non-hydrogen) atoms. The normalized spacial score (nSPS) is 11.8. The van der Waals surface area contributed by atoms with Crippen molar-refractivity contribution in [2.75, 3.05) is 0 Å². The Balaban J connectivity index is 2.41. The van der Waals surface area contributed by atoms with Crippen molar-refractivity contribution in [3.05, 3.63) is 59.6 Å². The van der Waals surface area contributed by atoms with Gasteiger partial charge in [-0.2, -0.15) is 5.26 Å². The van der Waals surface area contributed by atoms with Gasteiger partial charge in [0, 0.05) is 11.6 Å². The first-order valence-corrected chi connectivity index (χ1v) is 5.04. The number of nitrogens with zero attached hydrogens (tertiary/aromatic N) is 1. The number of Topliss-reactive ketones (excluding diaryl/α,β-unsaturated/α-hetero) is 1. The van der Waals surface area contributed by atoms with Gasteiger partial charge in [-0.25, -0.2) is 8.78 Å². The van der Waals surface area contributed by atoms with Crippen molar-refractivity contribution < 1.29 is 18.0 Å². The van der Waals surface area contributed by atoms with Gasteiger partial charge in [0.05, 0.1) is 17.9 Å². The summed E-state index contributed by atoms with van der Waals surface area (Å²) in [5, 5.41) is 8.98. The Bertz CT molecular complexity index is 614. The van der Waals surface area contributed by atoms with E-state index in [1.165, 1.54) is 18.6 Å². The molecule has 1 atom stereocenters. The summed E-state index contributed by atoms with van der Waals surface area (Å²) in [6.07, 6.45) is 2.46. The molecule has 0 saturated carbocycles. The van der Waals surface area contributed by atoms with Gasteiger partial charge in [0.1, 0.15) is 23.8 Å². The van der Waals surface area contributed by atoms with Crippen LogP contribution in [0.15, 0.2) is 41.2 Å². The molecule has 0 aliphatic rings. The van der Waals surface area contributed by atoms with Gasteiger partial charge in [0.15, 0.2) is 5.78 Å². The Hall–Kier alpha value is -2.48. The van der Waals surface area contributed by atoms with E-state index < -0.39 is 23.3 Å². The van der Waals surface area contributed by atoms with Crippen LogP contribution in [0.4, 0.5) is 8.78 Å². The van der Waals surface area contributed by atoms with E-state index in [9.17, 15) is 13.6 Å². The quantitative estimate of drug-likeness (QED) is 0.783. The predicted octanol–water partition coefficient (Wildman–Crippen LogP) is 3.05. The minimum Gasteiger partial charge on any atom is -0.472 e. The van der Waals surface area contributed by atoms with Gasteiger partial charge in [0.2, 0.25) is 0 Å². The standard InChI is InChI=1S/C13H7F2NO2/c14-9-1-2-10(12(15)5-9)11(6-16)13(17)8-3-4-18-7-8/h1-5,7,11H. The van der Waals surface area contributed by atoms with Crippen LogP contribution in [0.1, 0.15) is 21.8 Å². The zero-order valence-corrected chi connectivity index (χ0v) is 9.06.